The molecule has 2 rings (SSSR count). The fourth-order valence-corrected chi connectivity index (χ4v) is 2.55. The van der Waals surface area contributed by atoms with Crippen LogP contribution in [0.3, 0.4) is 0 Å². The van der Waals surface area contributed by atoms with Crippen LogP contribution in [0.15, 0.2) is 24.3 Å². The Morgan fingerprint density at radius 1 is 1.32 bits per heavy atom. The van der Waals surface area contributed by atoms with Crippen LogP contribution in [0.5, 0.6) is 5.75 Å². The summed E-state index contributed by atoms with van der Waals surface area (Å²) in [5, 5.41) is 6.09. The molecule has 104 valence electrons. The Morgan fingerprint density at radius 3 is 2.79 bits per heavy atom. The first kappa shape index (κ1) is 13.9. The summed E-state index contributed by atoms with van der Waals surface area (Å²) in [6.07, 6.45) is 5.25. The normalized spacial score (nSPS) is 15.4. The van der Waals surface area contributed by atoms with Gasteiger partial charge in [0.05, 0.1) is 19.3 Å². The van der Waals surface area contributed by atoms with Gasteiger partial charge < -0.3 is 15.4 Å². The number of para-hydroxylation sites is 2. The maximum atomic E-state index is 11.8. The van der Waals surface area contributed by atoms with E-state index in [2.05, 4.69) is 10.6 Å². The van der Waals surface area contributed by atoms with Crippen molar-refractivity contribution in [1.82, 2.24) is 5.32 Å². The Balaban J connectivity index is 1.74. The van der Waals surface area contributed by atoms with Crippen molar-refractivity contribution in [3.63, 3.8) is 0 Å². The van der Waals surface area contributed by atoms with Gasteiger partial charge in [0.15, 0.2) is 0 Å². The highest BCUT2D eigenvalue weighted by atomic mass is 16.5. The molecule has 1 aromatic rings. The number of nitrogens with one attached hydrogen (secondary N) is 2. The van der Waals surface area contributed by atoms with Gasteiger partial charge in [-0.25, -0.2) is 0 Å². The Kier molecular flexibility index (Phi) is 5.21. The zero-order valence-corrected chi connectivity index (χ0v) is 11.4. The Morgan fingerprint density at radius 2 is 2.05 bits per heavy atom. The van der Waals surface area contributed by atoms with Crippen LogP contribution in [0.4, 0.5) is 5.69 Å². The van der Waals surface area contributed by atoms with Crippen LogP contribution in [-0.2, 0) is 4.79 Å². The average molecular weight is 262 g/mol. The van der Waals surface area contributed by atoms with E-state index in [1.807, 2.05) is 24.3 Å². The molecule has 0 unspecified atom stereocenters. The molecule has 1 aliphatic rings. The zero-order valence-electron chi connectivity index (χ0n) is 11.4. The monoisotopic (exact) mass is 262 g/mol. The maximum Gasteiger partial charge on any atom is 0.238 e. The maximum absolute atomic E-state index is 11.8. The van der Waals surface area contributed by atoms with E-state index in [9.17, 15) is 4.79 Å². The van der Waals surface area contributed by atoms with Gasteiger partial charge >= 0.3 is 0 Å². The predicted octanol–water partition coefficient (Wildman–Crippen LogP) is 2.41. The van der Waals surface area contributed by atoms with E-state index >= 15 is 0 Å². The van der Waals surface area contributed by atoms with Gasteiger partial charge in [-0.2, -0.15) is 0 Å². The van der Waals surface area contributed by atoms with Crippen molar-refractivity contribution in [2.45, 2.75) is 25.7 Å². The second-order valence-electron chi connectivity index (χ2n) is 5.03. The van der Waals surface area contributed by atoms with Crippen LogP contribution in [0.25, 0.3) is 0 Å². The van der Waals surface area contributed by atoms with Crippen LogP contribution in [-0.4, -0.2) is 26.1 Å². The molecule has 0 spiro atoms. The van der Waals surface area contributed by atoms with Gasteiger partial charge in [-0.1, -0.05) is 25.0 Å². The van der Waals surface area contributed by atoms with Crippen molar-refractivity contribution in [3.05, 3.63) is 24.3 Å². The second kappa shape index (κ2) is 7.14. The molecule has 19 heavy (non-hydrogen) atoms. The molecule has 1 saturated carbocycles. The molecule has 0 heterocycles. The molecular formula is C15H22N2O2. The van der Waals surface area contributed by atoms with Crippen LogP contribution < -0.4 is 15.4 Å². The van der Waals surface area contributed by atoms with Gasteiger partial charge in [0, 0.05) is 0 Å². The second-order valence-corrected chi connectivity index (χ2v) is 5.03. The van der Waals surface area contributed by atoms with Crippen LogP contribution >= 0.6 is 0 Å². The van der Waals surface area contributed by atoms with E-state index in [4.69, 9.17) is 4.74 Å². The van der Waals surface area contributed by atoms with Gasteiger partial charge in [0.1, 0.15) is 5.75 Å². The average Bonchev–Trinajstić information content (AvgIpc) is 2.92. The Bertz CT molecular complexity index is 414. The number of carbonyl (C=O) groups is 1. The summed E-state index contributed by atoms with van der Waals surface area (Å²) >= 11 is 0. The molecule has 1 amide bonds. The minimum Gasteiger partial charge on any atom is -0.495 e. The molecule has 2 N–H and O–H groups in total. The van der Waals surface area contributed by atoms with Crippen molar-refractivity contribution in [3.8, 4) is 5.75 Å². The molecule has 0 aromatic heterocycles. The number of amides is 1. The molecule has 0 atom stereocenters. The number of ether oxygens (including phenoxy) is 1. The van der Waals surface area contributed by atoms with Crippen molar-refractivity contribution in [2.24, 2.45) is 5.92 Å². The third-order valence-electron chi connectivity index (χ3n) is 3.57. The molecular weight excluding hydrogens is 240 g/mol. The van der Waals surface area contributed by atoms with Crippen molar-refractivity contribution < 1.29 is 9.53 Å². The lowest BCUT2D eigenvalue weighted by Gasteiger charge is -2.12. The Labute approximate surface area is 114 Å². The lowest BCUT2D eigenvalue weighted by Crippen LogP contribution is -2.31. The highest BCUT2D eigenvalue weighted by Gasteiger charge is 2.14. The summed E-state index contributed by atoms with van der Waals surface area (Å²) in [7, 11) is 1.60. The van der Waals surface area contributed by atoms with E-state index in [0.29, 0.717) is 12.3 Å². The van der Waals surface area contributed by atoms with Gasteiger partial charge in [-0.05, 0) is 37.4 Å². The SMILES string of the molecule is COc1ccccc1NC(=O)CNCC1CCCC1. The zero-order chi connectivity index (χ0) is 13.5. The van der Waals surface area contributed by atoms with Crippen molar-refractivity contribution in [1.29, 1.82) is 0 Å². The predicted molar refractivity (Wildman–Crippen MR) is 76.5 cm³/mol. The lowest BCUT2D eigenvalue weighted by atomic mass is 10.1. The number of anilines is 1. The van der Waals surface area contributed by atoms with Crippen molar-refractivity contribution >= 4 is 11.6 Å². The number of hydrogen-bond acceptors (Lipinski definition) is 3. The Hall–Kier alpha value is -1.55. The molecule has 1 fully saturated rings. The molecule has 0 radical (unpaired) electrons. The minimum absolute atomic E-state index is 0.0255. The summed E-state index contributed by atoms with van der Waals surface area (Å²) < 4.78 is 5.20. The number of rotatable bonds is 6. The first-order valence-electron chi connectivity index (χ1n) is 6.93. The lowest BCUT2D eigenvalue weighted by molar-refractivity contribution is -0.115. The third-order valence-corrected chi connectivity index (χ3v) is 3.57. The summed E-state index contributed by atoms with van der Waals surface area (Å²) in [6.45, 7) is 1.30. The summed E-state index contributed by atoms with van der Waals surface area (Å²) in [4.78, 5) is 11.8. The van der Waals surface area contributed by atoms with Crippen LogP contribution in [0, 0.1) is 5.92 Å². The molecule has 1 aliphatic carbocycles. The van der Waals surface area contributed by atoms with E-state index < -0.39 is 0 Å². The third kappa shape index (κ3) is 4.24. The fraction of sp³-hybridized carbons (Fsp3) is 0.533. The van der Waals surface area contributed by atoms with Crippen molar-refractivity contribution in [2.75, 3.05) is 25.5 Å². The number of methoxy groups -OCH3 is 1. The first-order chi connectivity index (χ1) is 9.29. The minimum atomic E-state index is -0.0255. The molecule has 0 saturated heterocycles. The van der Waals surface area contributed by atoms with Gasteiger partial charge in [-0.3, -0.25) is 4.79 Å². The fourth-order valence-electron chi connectivity index (χ4n) is 2.55. The highest BCUT2D eigenvalue weighted by molar-refractivity contribution is 5.93. The summed E-state index contributed by atoms with van der Waals surface area (Å²) in [5.74, 6) is 1.41. The quantitative estimate of drug-likeness (QED) is 0.827. The smallest absolute Gasteiger partial charge is 0.238 e. The summed E-state index contributed by atoms with van der Waals surface area (Å²) in [6, 6.07) is 7.44. The topological polar surface area (TPSA) is 50.4 Å². The molecule has 1 aromatic carbocycles. The standard InChI is InChI=1S/C15H22N2O2/c1-19-14-9-5-4-8-13(14)17-15(18)11-16-10-12-6-2-3-7-12/h4-5,8-9,12,16H,2-3,6-7,10-11H2,1H3,(H,17,18). The van der Waals surface area contributed by atoms with E-state index in [1.165, 1.54) is 25.7 Å². The number of hydrogen-bond donors (Lipinski definition) is 2. The van der Waals surface area contributed by atoms with E-state index in [0.717, 1.165) is 18.2 Å². The number of benzene rings is 1. The van der Waals surface area contributed by atoms with Gasteiger partial charge in [0.2, 0.25) is 5.91 Å². The van der Waals surface area contributed by atoms with Crippen LogP contribution in [0.2, 0.25) is 0 Å². The largest absolute Gasteiger partial charge is 0.495 e. The number of carbonyl (C=O) groups excluding carboxylic acids is 1. The van der Waals surface area contributed by atoms with Gasteiger partial charge in [0.25, 0.3) is 0 Å². The molecule has 0 bridgehead atoms. The molecule has 4 heteroatoms. The highest BCUT2D eigenvalue weighted by Crippen LogP contribution is 2.24. The van der Waals surface area contributed by atoms with E-state index in [1.54, 1.807) is 7.11 Å². The van der Waals surface area contributed by atoms with Gasteiger partial charge in [-0.15, -0.1) is 0 Å². The molecule has 4 nitrogen and oxygen atoms in total. The van der Waals surface area contributed by atoms with Crippen LogP contribution in [0.1, 0.15) is 25.7 Å². The van der Waals surface area contributed by atoms with E-state index in [-0.39, 0.29) is 5.91 Å². The summed E-state index contributed by atoms with van der Waals surface area (Å²) in [5.41, 5.74) is 0.720. The molecule has 0 aliphatic heterocycles. The first-order valence-corrected chi connectivity index (χ1v) is 6.93.